The minimum absolute atomic E-state index is 0.0361. The highest BCUT2D eigenvalue weighted by atomic mass is 16.6. The van der Waals surface area contributed by atoms with E-state index >= 15 is 0 Å². The zero-order chi connectivity index (χ0) is 69.7. The third kappa shape index (κ3) is 25.5. The van der Waals surface area contributed by atoms with E-state index in [0.717, 1.165) is 25.7 Å². The van der Waals surface area contributed by atoms with Crippen LogP contribution in [0.1, 0.15) is 199 Å². The Morgan fingerprint density at radius 3 is 1.15 bits per heavy atom. The van der Waals surface area contributed by atoms with Crippen LogP contribution in [-0.4, -0.2) is 216 Å². The van der Waals surface area contributed by atoms with Crippen molar-refractivity contribution in [3.8, 4) is 0 Å². The summed E-state index contributed by atoms with van der Waals surface area (Å²) < 4.78 is 61.5. The number of rotatable bonds is 16. The summed E-state index contributed by atoms with van der Waals surface area (Å²) in [7, 11) is 6.56. The maximum Gasteiger partial charge on any atom is 0.333 e. The van der Waals surface area contributed by atoms with Gasteiger partial charge in [0.15, 0.2) is 0 Å². The molecule has 0 aromatic carbocycles. The number of methoxy groups -OCH3 is 4. The first kappa shape index (κ1) is 81.9. The first-order valence-electron chi connectivity index (χ1n) is 35.7. The number of esters is 2. The Bertz CT molecular complexity index is 2160. The summed E-state index contributed by atoms with van der Waals surface area (Å²) in [4.78, 5) is 28.4. The van der Waals surface area contributed by atoms with Crippen molar-refractivity contribution in [3.63, 3.8) is 0 Å². The number of aliphatic hydroxyl groups excluding tert-OH is 8. The summed E-state index contributed by atoms with van der Waals surface area (Å²) in [5.41, 5.74) is 0.470. The van der Waals surface area contributed by atoms with Gasteiger partial charge in [0, 0.05) is 101 Å². The summed E-state index contributed by atoms with van der Waals surface area (Å²) in [6.45, 7) is 22.1. The molecule has 1 unspecified atom stereocenters. The monoisotopic (exact) mass is 1340 g/mol. The zero-order valence-electron chi connectivity index (χ0n) is 60.0. The molecule has 8 N–H and O–H groups in total. The lowest BCUT2D eigenvalue weighted by atomic mass is 9.78. The van der Waals surface area contributed by atoms with Crippen LogP contribution in [-0.2, 0) is 57.0 Å². The predicted octanol–water partition coefficient (Wildman–Crippen LogP) is 9.00. The molecular weight excluding hydrogens is 1210 g/mol. The predicted molar refractivity (Wildman–Crippen MR) is 359 cm³/mol. The van der Waals surface area contributed by atoms with Crippen LogP contribution in [0.4, 0.5) is 0 Å². The molecule has 544 valence electrons. The molecule has 0 aromatic rings. The molecule has 5 aliphatic heterocycles. The Morgan fingerprint density at radius 2 is 0.809 bits per heavy atom. The van der Waals surface area contributed by atoms with E-state index in [-0.39, 0.29) is 110 Å². The van der Waals surface area contributed by atoms with E-state index in [2.05, 4.69) is 0 Å². The van der Waals surface area contributed by atoms with Crippen molar-refractivity contribution in [2.75, 3.05) is 28.4 Å². The van der Waals surface area contributed by atoms with Crippen LogP contribution in [0.3, 0.4) is 0 Å². The highest BCUT2D eigenvalue weighted by Gasteiger charge is 2.43. The molecule has 5 aliphatic rings. The van der Waals surface area contributed by atoms with E-state index in [1.165, 1.54) is 0 Å². The number of ether oxygens (including phenoxy) is 10. The van der Waals surface area contributed by atoms with Crippen LogP contribution in [0.2, 0.25) is 0 Å². The summed E-state index contributed by atoms with van der Waals surface area (Å²) in [6.07, 6.45) is 6.49. The lowest BCUT2D eigenvalue weighted by Gasteiger charge is -2.38. The Hall–Kier alpha value is -2.74. The number of cyclic esters (lactones) is 2. The first-order chi connectivity index (χ1) is 44.5. The van der Waals surface area contributed by atoms with Crippen molar-refractivity contribution in [1.82, 2.24) is 0 Å². The first-order valence-corrected chi connectivity index (χ1v) is 35.7. The molecule has 0 radical (unpaired) electrons. The van der Waals surface area contributed by atoms with Crippen LogP contribution in [0.15, 0.2) is 47.6 Å². The van der Waals surface area contributed by atoms with Gasteiger partial charge in [0.2, 0.25) is 0 Å². The molecule has 0 aliphatic carbocycles. The van der Waals surface area contributed by atoms with Crippen molar-refractivity contribution < 1.29 is 97.8 Å². The SMILES string of the molecule is COC1C[C@@H]2CC=C[C@@H](C[C@@H](O)C/C=C(\C)C(=O)O[C@H]([C@H](C)[C@@H](O)[C@H](C)CC[C@H]3C[C@H](OC)C[C@H](C)O3)[C@H](C)[C@H](O)C[C@H](O)[C@H](C)[C@@H](OC)C[C@@H]3CC=C[C@@H](C[C@@H](O)C/C=C(\C)C(=O)O[C@H]([C@@H](C)[C@@H](O)[C@@H](C)CC[C@H]4C[C@H](OC)C[C@H](C)O4)[C@@H](C)[C@H](O)C[C@H](O)[C@@H]1C)O3)O2. The van der Waals surface area contributed by atoms with Crippen molar-refractivity contribution >= 4 is 11.9 Å². The number of carbonyl (C=O) groups excluding carboxylic acids is 2. The van der Waals surface area contributed by atoms with Crippen molar-refractivity contribution in [3.05, 3.63) is 47.6 Å². The molecule has 2 fully saturated rings. The van der Waals surface area contributed by atoms with Crippen molar-refractivity contribution in [1.29, 1.82) is 0 Å². The van der Waals surface area contributed by atoms with Gasteiger partial charge in [0.1, 0.15) is 12.2 Å². The molecular formula is C74H128O20. The van der Waals surface area contributed by atoms with Gasteiger partial charge in [-0.1, -0.05) is 91.8 Å². The number of hydrogen-bond acceptors (Lipinski definition) is 20. The fourth-order valence-electron chi connectivity index (χ4n) is 15.0. The van der Waals surface area contributed by atoms with Crippen molar-refractivity contribution in [2.45, 2.75) is 333 Å². The molecule has 5 rings (SSSR count). The number of fused-ring (bicyclic) bond motifs is 4. The highest BCUT2D eigenvalue weighted by molar-refractivity contribution is 5.88. The van der Waals surface area contributed by atoms with Crippen LogP contribution >= 0.6 is 0 Å². The van der Waals surface area contributed by atoms with E-state index in [1.54, 1.807) is 68.3 Å². The minimum Gasteiger partial charge on any atom is -0.458 e. The highest BCUT2D eigenvalue weighted by Crippen LogP contribution is 2.37. The van der Waals surface area contributed by atoms with E-state index < -0.39 is 133 Å². The molecule has 20 heteroatoms. The van der Waals surface area contributed by atoms with E-state index in [0.29, 0.717) is 51.4 Å². The van der Waals surface area contributed by atoms with Gasteiger partial charge in [-0.15, -0.1) is 0 Å². The largest absolute Gasteiger partial charge is 0.458 e. The second kappa shape index (κ2) is 40.5. The molecule has 0 aromatic heterocycles. The molecule has 2 saturated heterocycles. The molecule has 0 saturated carbocycles. The summed E-state index contributed by atoms with van der Waals surface area (Å²) >= 11 is 0. The molecule has 30 atom stereocenters. The van der Waals surface area contributed by atoms with Crippen LogP contribution in [0.25, 0.3) is 0 Å². The number of aliphatic hydroxyl groups is 8. The molecule has 4 bridgehead atoms. The zero-order valence-corrected chi connectivity index (χ0v) is 60.0. The van der Waals surface area contributed by atoms with Gasteiger partial charge in [-0.25, -0.2) is 9.59 Å². The number of carbonyl (C=O) groups is 2. The van der Waals surface area contributed by atoms with Gasteiger partial charge in [0.25, 0.3) is 0 Å². The van der Waals surface area contributed by atoms with Gasteiger partial charge in [0.05, 0.1) is 122 Å². The Morgan fingerprint density at radius 1 is 0.457 bits per heavy atom. The fraction of sp³-hybridized carbons (Fsp3) is 0.865. The maximum atomic E-state index is 14.2. The Balaban J connectivity index is 1.38. The minimum atomic E-state index is -1.18. The molecule has 20 nitrogen and oxygen atoms in total. The number of hydrogen-bond donors (Lipinski definition) is 8. The maximum absolute atomic E-state index is 14.2. The average molecular weight is 1340 g/mol. The average Bonchev–Trinajstić information content (AvgIpc) is 0.955. The second-order valence-electron chi connectivity index (χ2n) is 29.5. The molecule has 0 amide bonds. The third-order valence-corrected chi connectivity index (χ3v) is 21.9. The quantitative estimate of drug-likeness (QED) is 0.0528. The van der Waals surface area contributed by atoms with Gasteiger partial charge in [-0.05, 0) is 129 Å². The normalized spacial score (nSPS) is 41.4. The lowest BCUT2D eigenvalue weighted by Crippen LogP contribution is -2.46. The summed E-state index contributed by atoms with van der Waals surface area (Å²) in [6, 6.07) is 0. The Labute approximate surface area is 563 Å². The van der Waals surface area contributed by atoms with Crippen LogP contribution in [0.5, 0.6) is 0 Å². The summed E-state index contributed by atoms with van der Waals surface area (Å²) in [5.74, 6) is -5.62. The summed E-state index contributed by atoms with van der Waals surface area (Å²) in [5, 5.41) is 94.8. The van der Waals surface area contributed by atoms with E-state index in [4.69, 9.17) is 47.4 Å². The van der Waals surface area contributed by atoms with Gasteiger partial charge < -0.3 is 88.2 Å². The van der Waals surface area contributed by atoms with E-state index in [1.807, 2.05) is 79.7 Å². The molecule has 94 heavy (non-hydrogen) atoms. The van der Waals surface area contributed by atoms with Gasteiger partial charge in [-0.3, -0.25) is 0 Å². The topological polar surface area (TPSA) is 288 Å². The molecule has 5 heterocycles. The van der Waals surface area contributed by atoms with E-state index in [9.17, 15) is 50.4 Å². The molecule has 0 spiro atoms. The van der Waals surface area contributed by atoms with Gasteiger partial charge >= 0.3 is 11.9 Å². The lowest BCUT2D eigenvalue weighted by molar-refractivity contribution is -0.160. The third-order valence-electron chi connectivity index (χ3n) is 21.9. The van der Waals surface area contributed by atoms with Crippen molar-refractivity contribution in [2.24, 2.45) is 47.3 Å². The fourth-order valence-corrected chi connectivity index (χ4v) is 15.0. The smallest absolute Gasteiger partial charge is 0.333 e. The standard InChI is InChI=1S/C74H128O20/c1-41(25-29-59-35-61(85-13)31-45(5)89-59)69(81)51(11)71-49(9)65(79)39-63(77)47(7)67(87-15)37-57-21-18-20-56(92-57)34-54(76)28-24-44(4)74(84)94-72(52(12)70(82)42(2)26-30-60-36-62(86-14)32-46(6)90-60)50(10)66(80)40-64(78)48(8)68(88-16)38-58-22-17-19-55(91-58)33-53(75)27-23-43(3)73(83)93-71/h17-20,23-24,41-42,45-72,75-82H,21-22,25-40H2,1-16H3/b43-23+,44-24+/t41-,42+,45-,46-,47-,48-,49-,50+,51-,52+,53-,54-,55-,56-,57-,58-,59-,60-,61+,62+,63-,64-,65+,66+,67?,68-,69-,70-,71-,72-/m0/s1. The van der Waals surface area contributed by atoms with Gasteiger partial charge in [-0.2, -0.15) is 0 Å². The van der Waals surface area contributed by atoms with Crippen LogP contribution < -0.4 is 0 Å². The Kier molecular flexibility index (Phi) is 35.3. The van der Waals surface area contributed by atoms with Crippen LogP contribution in [0, 0.1) is 47.3 Å². The second-order valence-corrected chi connectivity index (χ2v) is 29.5.